The summed E-state index contributed by atoms with van der Waals surface area (Å²) in [5.74, 6) is -9.35. The molecule has 1 aromatic rings. The largest absolute Gasteiger partial charge is 0.481 e. The number of amides is 8. The van der Waals surface area contributed by atoms with Crippen molar-refractivity contribution in [2.75, 3.05) is 37.7 Å². The van der Waals surface area contributed by atoms with E-state index in [-0.39, 0.29) is 88.6 Å². The summed E-state index contributed by atoms with van der Waals surface area (Å²) in [6, 6.07) is -2.98. The molecule has 0 aromatic heterocycles. The smallest absolute Gasteiger partial charge is 0.328 e. The van der Waals surface area contributed by atoms with E-state index in [0.717, 1.165) is 0 Å². The predicted molar refractivity (Wildman–Crippen MR) is 276 cm³/mol. The summed E-state index contributed by atoms with van der Waals surface area (Å²) in [7, 11) is 0. The van der Waals surface area contributed by atoms with Crippen LogP contribution in [0.25, 0.3) is 0 Å². The topological polar surface area (TPSA) is 426 Å². The maximum absolute atomic E-state index is 14.3. The minimum Gasteiger partial charge on any atom is -0.481 e. The standard InChI is InChI=1S/C46H73N13O13S2/c1-25(60)36(45(71)72)57-42(68)34-15-9-21-59(34)44(70)32(24-74)56-41(67)33-14-8-20-58(33)43(69)31(23-73)55-39(65)28(12-5-6-18-47)53-40(66)30(22-26-10-3-2-4-11-26)54-38(64)29(13-7-19-51-46(49)50)52-37(63)27(48)16-17-35(61)62/h2-4,10-11,25,27-34,36,60,73-74H,5-9,12-24,47-48H2,1H3,(H,52,63)(H,53,66)(H,54,64)(H,55,65)(H,56,67)(H,57,68)(H,61,62)(H,71,72)(H4,49,50,51)/t25-,27+,28+,29+,30+,31+,32+,33+,34+,36+/m1/s1. The number of nitrogens with one attached hydrogen (secondary N) is 6. The molecule has 2 saturated heterocycles. The lowest BCUT2D eigenvalue weighted by molar-refractivity contribution is -0.147. The highest BCUT2D eigenvalue weighted by Crippen LogP contribution is 2.22. The van der Waals surface area contributed by atoms with E-state index in [1.807, 2.05) is 0 Å². The number of carbonyl (C=O) groups is 10. The van der Waals surface area contributed by atoms with Crippen molar-refractivity contribution < 1.29 is 63.3 Å². The Labute approximate surface area is 439 Å². The van der Waals surface area contributed by atoms with Gasteiger partial charge in [-0.3, -0.25) is 48.1 Å². The van der Waals surface area contributed by atoms with Gasteiger partial charge in [-0.05, 0) is 83.2 Å². The number of unbranched alkanes of at least 4 members (excludes halogenated alkanes) is 1. The van der Waals surface area contributed by atoms with E-state index in [1.54, 1.807) is 30.3 Å². The average molecular weight is 1080 g/mol. The molecule has 0 radical (unpaired) electrons. The van der Waals surface area contributed by atoms with Crippen LogP contribution in [-0.2, 0) is 54.4 Å². The third-order valence-corrected chi connectivity index (χ3v) is 13.1. The Kier molecular flexibility index (Phi) is 26.4. The fourth-order valence-corrected chi connectivity index (χ4v) is 8.88. The van der Waals surface area contributed by atoms with Gasteiger partial charge in [0.15, 0.2) is 12.0 Å². The summed E-state index contributed by atoms with van der Waals surface area (Å²) in [5, 5.41) is 43.9. The van der Waals surface area contributed by atoms with Crippen LogP contribution in [0, 0.1) is 0 Å². The number of aliphatic imine (C=N–C) groups is 1. The summed E-state index contributed by atoms with van der Waals surface area (Å²) in [6.45, 7) is 1.75. The highest BCUT2D eigenvalue weighted by atomic mass is 32.1. The molecule has 0 bridgehead atoms. The van der Waals surface area contributed by atoms with Crippen molar-refractivity contribution >= 4 is 90.4 Å². The van der Waals surface area contributed by atoms with Crippen LogP contribution in [0.5, 0.6) is 0 Å². The second-order valence-electron chi connectivity index (χ2n) is 18.1. The first-order valence-electron chi connectivity index (χ1n) is 24.5. The van der Waals surface area contributed by atoms with E-state index in [4.69, 9.17) is 28.0 Å². The van der Waals surface area contributed by atoms with Crippen LogP contribution in [0.2, 0.25) is 0 Å². The van der Waals surface area contributed by atoms with Gasteiger partial charge in [0.2, 0.25) is 47.3 Å². The molecular formula is C46H73N13O13S2. The number of guanidine groups is 1. The van der Waals surface area contributed by atoms with E-state index >= 15 is 0 Å². The van der Waals surface area contributed by atoms with Gasteiger partial charge < -0.3 is 80.0 Å². The quantitative estimate of drug-likeness (QED) is 0.0145. The number of nitrogens with two attached hydrogens (primary N) is 4. The number of carboxylic acid groups (broad SMARTS) is 2. The fraction of sp³-hybridized carbons (Fsp3) is 0.630. The third kappa shape index (κ3) is 19.6. The molecule has 1 aromatic carbocycles. The number of aliphatic hydroxyl groups is 1. The Balaban J connectivity index is 1.81. The Morgan fingerprint density at radius 1 is 0.676 bits per heavy atom. The van der Waals surface area contributed by atoms with Crippen molar-refractivity contribution in [1.82, 2.24) is 41.7 Å². The first-order chi connectivity index (χ1) is 35.1. The highest BCUT2D eigenvalue weighted by molar-refractivity contribution is 7.80. The Bertz CT molecular complexity index is 2140. The van der Waals surface area contributed by atoms with Crippen molar-refractivity contribution in [3.8, 4) is 0 Å². The Morgan fingerprint density at radius 3 is 1.66 bits per heavy atom. The highest BCUT2D eigenvalue weighted by Gasteiger charge is 2.42. The number of hydrogen-bond acceptors (Lipinski definition) is 16. The van der Waals surface area contributed by atoms with Crippen molar-refractivity contribution in [2.45, 2.75) is 144 Å². The number of thiol groups is 2. The minimum atomic E-state index is -1.62. The molecule has 17 N–H and O–H groups in total. The summed E-state index contributed by atoms with van der Waals surface area (Å²) in [5.41, 5.74) is 23.2. The van der Waals surface area contributed by atoms with Gasteiger partial charge in [-0.2, -0.15) is 25.3 Å². The van der Waals surface area contributed by atoms with Crippen LogP contribution in [0.4, 0.5) is 0 Å². The summed E-state index contributed by atoms with van der Waals surface area (Å²) in [4.78, 5) is 140. The van der Waals surface area contributed by atoms with Gasteiger partial charge in [-0.15, -0.1) is 0 Å². The lowest BCUT2D eigenvalue weighted by Crippen LogP contribution is -2.61. The van der Waals surface area contributed by atoms with Crippen molar-refractivity contribution in [2.24, 2.45) is 27.9 Å². The molecule has 26 nitrogen and oxygen atoms in total. The maximum atomic E-state index is 14.3. The Hall–Kier alpha value is -6.23. The Morgan fingerprint density at radius 2 is 1.16 bits per heavy atom. The molecule has 10 atom stereocenters. The third-order valence-electron chi connectivity index (χ3n) is 12.4. The van der Waals surface area contributed by atoms with E-state index in [0.29, 0.717) is 31.2 Å². The van der Waals surface area contributed by atoms with E-state index in [2.05, 4.69) is 62.2 Å². The van der Waals surface area contributed by atoms with Gasteiger partial charge in [-0.25, -0.2) is 4.79 Å². The zero-order chi connectivity index (χ0) is 55.1. The van der Waals surface area contributed by atoms with Gasteiger partial charge in [-0.1, -0.05) is 30.3 Å². The SMILES string of the molecule is C[C@@H](O)[C@H](NC(=O)[C@@H]1CCCN1C(=O)[C@H](CS)NC(=O)[C@@H]1CCCN1C(=O)[C@H](CS)NC(=O)[C@H](CCCCN)NC(=O)[C@H](Cc1ccccc1)NC(=O)[C@H](CCCN=C(N)N)NC(=O)[C@@H](N)CCC(=O)O)C(=O)O. The maximum Gasteiger partial charge on any atom is 0.328 e. The monoisotopic (exact) mass is 1080 g/mol. The van der Waals surface area contributed by atoms with Crippen LogP contribution >= 0.6 is 25.3 Å². The molecule has 8 amide bonds. The molecule has 74 heavy (non-hydrogen) atoms. The molecular weight excluding hydrogens is 1010 g/mol. The van der Waals surface area contributed by atoms with Crippen molar-refractivity contribution in [3.63, 3.8) is 0 Å². The number of likely N-dealkylation sites (tertiary alicyclic amines) is 2. The van der Waals surface area contributed by atoms with Gasteiger partial charge in [0.1, 0.15) is 42.3 Å². The second-order valence-corrected chi connectivity index (χ2v) is 18.8. The first kappa shape index (κ1) is 62.1. The van der Waals surface area contributed by atoms with Crippen LogP contribution in [-0.4, -0.2) is 188 Å². The molecule has 0 spiro atoms. The number of nitrogens with zero attached hydrogens (tertiary/aromatic N) is 3. The van der Waals surface area contributed by atoms with Gasteiger partial charge in [0.25, 0.3) is 0 Å². The zero-order valence-electron chi connectivity index (χ0n) is 41.4. The predicted octanol–water partition coefficient (Wildman–Crippen LogP) is -4.18. The number of carboxylic acids is 2. The summed E-state index contributed by atoms with van der Waals surface area (Å²) >= 11 is 8.62. The van der Waals surface area contributed by atoms with Gasteiger partial charge in [0, 0.05) is 44.0 Å². The lowest BCUT2D eigenvalue weighted by atomic mass is 10.0. The first-order valence-corrected chi connectivity index (χ1v) is 25.7. The van der Waals surface area contributed by atoms with Gasteiger partial charge >= 0.3 is 11.9 Å². The molecule has 2 heterocycles. The van der Waals surface area contributed by atoms with Crippen molar-refractivity contribution in [3.05, 3.63) is 35.9 Å². The molecule has 0 unspecified atom stereocenters. The van der Waals surface area contributed by atoms with Crippen LogP contribution in [0.3, 0.4) is 0 Å². The molecule has 2 fully saturated rings. The van der Waals surface area contributed by atoms with E-state index in [9.17, 15) is 58.2 Å². The molecule has 28 heteroatoms. The summed E-state index contributed by atoms with van der Waals surface area (Å²) in [6.07, 6.45) is 0.0291. The molecule has 2 aliphatic rings. The molecule has 3 rings (SSSR count). The zero-order valence-corrected chi connectivity index (χ0v) is 43.1. The number of hydrogen-bond donors (Lipinski definition) is 15. The fourth-order valence-electron chi connectivity index (χ4n) is 8.38. The van der Waals surface area contributed by atoms with Crippen molar-refractivity contribution in [1.29, 1.82) is 0 Å². The number of carbonyl (C=O) groups excluding carboxylic acids is 8. The number of aliphatic hydroxyl groups excluding tert-OH is 1. The number of rotatable bonds is 31. The molecule has 412 valence electrons. The van der Waals surface area contributed by atoms with Crippen LogP contribution < -0.4 is 54.8 Å². The lowest BCUT2D eigenvalue weighted by Gasteiger charge is -2.32. The second kappa shape index (κ2) is 31.5. The molecule has 0 aliphatic carbocycles. The van der Waals surface area contributed by atoms with E-state index in [1.165, 1.54) is 16.7 Å². The summed E-state index contributed by atoms with van der Waals surface area (Å²) < 4.78 is 0. The molecule has 0 saturated carbocycles. The normalized spacial score (nSPS) is 18.5. The van der Waals surface area contributed by atoms with Crippen LogP contribution in [0.1, 0.15) is 83.1 Å². The van der Waals surface area contributed by atoms with Gasteiger partial charge in [0.05, 0.1) is 12.1 Å². The van der Waals surface area contributed by atoms with E-state index < -0.39 is 126 Å². The van der Waals surface area contributed by atoms with Crippen LogP contribution in [0.15, 0.2) is 35.3 Å². The molecule has 2 aliphatic heterocycles. The number of benzene rings is 1. The average Bonchev–Trinajstić information content (AvgIpc) is 4.07. The minimum absolute atomic E-state index is 0.0282. The number of aliphatic carboxylic acids is 2.